The summed E-state index contributed by atoms with van der Waals surface area (Å²) in [6.07, 6.45) is 6.68. The highest BCUT2D eigenvalue weighted by Crippen LogP contribution is 2.44. The van der Waals surface area contributed by atoms with Crippen molar-refractivity contribution in [2.24, 2.45) is 5.92 Å². The molecule has 3 rings (SSSR count). The van der Waals surface area contributed by atoms with Crippen LogP contribution in [0, 0.1) is 5.92 Å². The Balaban J connectivity index is 1.88. The molecule has 1 aromatic carbocycles. The maximum absolute atomic E-state index is 6.74. The third kappa shape index (κ3) is 3.37. The van der Waals surface area contributed by atoms with Gasteiger partial charge in [0.05, 0.1) is 19.3 Å². The van der Waals surface area contributed by atoms with Crippen molar-refractivity contribution in [2.45, 2.75) is 43.8 Å². The van der Waals surface area contributed by atoms with Crippen LogP contribution in [0.15, 0.2) is 30.3 Å². The zero-order valence-electron chi connectivity index (χ0n) is 14.0. The van der Waals surface area contributed by atoms with E-state index in [9.17, 15) is 0 Å². The van der Waals surface area contributed by atoms with Crippen molar-refractivity contribution in [2.75, 3.05) is 33.9 Å². The Labute approximate surface area is 134 Å². The molecule has 1 aromatic rings. The average molecular weight is 303 g/mol. The topological polar surface area (TPSA) is 21.7 Å². The first kappa shape index (κ1) is 16.0. The summed E-state index contributed by atoms with van der Waals surface area (Å²) in [4.78, 5) is 2.19. The summed E-state index contributed by atoms with van der Waals surface area (Å²) in [6.45, 7) is 2.33. The van der Waals surface area contributed by atoms with E-state index in [0.29, 0.717) is 19.1 Å². The van der Waals surface area contributed by atoms with Gasteiger partial charge in [-0.3, -0.25) is 0 Å². The number of hydrogen-bond acceptors (Lipinski definition) is 3. The van der Waals surface area contributed by atoms with Crippen LogP contribution in [0.4, 0.5) is 0 Å². The minimum atomic E-state index is -0.249. The van der Waals surface area contributed by atoms with Gasteiger partial charge in [0.15, 0.2) is 0 Å². The summed E-state index contributed by atoms with van der Waals surface area (Å²) in [5, 5.41) is 0. The molecule has 0 bridgehead atoms. The molecule has 22 heavy (non-hydrogen) atoms. The van der Waals surface area contributed by atoms with E-state index in [-0.39, 0.29) is 11.7 Å². The highest BCUT2D eigenvalue weighted by Gasteiger charge is 2.46. The Morgan fingerprint density at radius 1 is 1.09 bits per heavy atom. The molecule has 0 unspecified atom stereocenters. The molecule has 0 amide bonds. The number of ether oxygens (including phenoxy) is 2. The first-order valence-corrected chi connectivity index (χ1v) is 8.66. The third-order valence-electron chi connectivity index (χ3n) is 5.09. The Hall–Kier alpha value is -0.900. The second-order valence-corrected chi connectivity index (χ2v) is 7.11. The van der Waals surface area contributed by atoms with E-state index < -0.39 is 0 Å². The SMILES string of the molecule is CN(C)C[C@H]1COC[C@@](c2ccccc2)(C2CCCCC2)O1. The normalized spacial score (nSPS) is 30.6. The predicted molar refractivity (Wildman–Crippen MR) is 88.9 cm³/mol. The lowest BCUT2D eigenvalue weighted by Gasteiger charge is -2.48. The highest BCUT2D eigenvalue weighted by atomic mass is 16.6. The molecule has 0 N–H and O–H groups in total. The van der Waals surface area contributed by atoms with Crippen molar-refractivity contribution in [1.82, 2.24) is 4.90 Å². The molecule has 2 fully saturated rings. The van der Waals surface area contributed by atoms with Gasteiger partial charge in [0.2, 0.25) is 0 Å². The van der Waals surface area contributed by atoms with Crippen LogP contribution in [-0.4, -0.2) is 44.9 Å². The number of rotatable bonds is 4. The van der Waals surface area contributed by atoms with Crippen molar-refractivity contribution in [1.29, 1.82) is 0 Å². The summed E-state index contributed by atoms with van der Waals surface area (Å²) in [7, 11) is 4.20. The smallest absolute Gasteiger partial charge is 0.120 e. The molecule has 0 radical (unpaired) electrons. The van der Waals surface area contributed by atoms with Crippen molar-refractivity contribution in [3.8, 4) is 0 Å². The van der Waals surface area contributed by atoms with Crippen molar-refractivity contribution >= 4 is 0 Å². The quantitative estimate of drug-likeness (QED) is 0.850. The van der Waals surface area contributed by atoms with E-state index in [2.05, 4.69) is 49.3 Å². The number of likely N-dealkylation sites (N-methyl/N-ethyl adjacent to an activating group) is 1. The molecule has 122 valence electrons. The standard InChI is InChI=1S/C19H29NO2/c1-20(2)13-18-14-21-15-19(22-18,16-9-5-3-6-10-16)17-11-7-4-8-12-17/h3,5-6,9-10,17-18H,4,7-8,11-15H2,1-2H3/t18-,19+/m0/s1. The lowest BCUT2D eigenvalue weighted by molar-refractivity contribution is -0.234. The zero-order valence-corrected chi connectivity index (χ0v) is 14.0. The van der Waals surface area contributed by atoms with Gasteiger partial charge in [0, 0.05) is 6.54 Å². The molecule has 2 aliphatic rings. The first-order valence-electron chi connectivity index (χ1n) is 8.66. The second-order valence-electron chi connectivity index (χ2n) is 7.11. The zero-order chi connectivity index (χ0) is 15.4. The van der Waals surface area contributed by atoms with E-state index in [0.717, 1.165) is 6.54 Å². The molecule has 1 aliphatic carbocycles. The van der Waals surface area contributed by atoms with Gasteiger partial charge < -0.3 is 14.4 Å². The van der Waals surface area contributed by atoms with Gasteiger partial charge in [-0.1, -0.05) is 49.6 Å². The summed E-state index contributed by atoms with van der Waals surface area (Å²) < 4.78 is 12.8. The maximum atomic E-state index is 6.74. The van der Waals surface area contributed by atoms with Crippen LogP contribution in [0.5, 0.6) is 0 Å². The minimum absolute atomic E-state index is 0.158. The van der Waals surface area contributed by atoms with Crippen molar-refractivity contribution in [3.05, 3.63) is 35.9 Å². The number of benzene rings is 1. The average Bonchev–Trinajstić information content (AvgIpc) is 2.56. The fourth-order valence-electron chi connectivity index (χ4n) is 4.10. The summed E-state index contributed by atoms with van der Waals surface area (Å²) in [5.74, 6) is 0.577. The van der Waals surface area contributed by atoms with Gasteiger partial charge in [-0.25, -0.2) is 0 Å². The number of nitrogens with zero attached hydrogens (tertiary/aromatic N) is 1. The Morgan fingerprint density at radius 2 is 1.82 bits per heavy atom. The molecule has 1 aliphatic heterocycles. The van der Waals surface area contributed by atoms with Crippen LogP contribution >= 0.6 is 0 Å². The summed E-state index contributed by atoms with van der Waals surface area (Å²) >= 11 is 0. The van der Waals surface area contributed by atoms with Crippen molar-refractivity contribution < 1.29 is 9.47 Å². The molecular formula is C19H29NO2. The van der Waals surface area contributed by atoms with E-state index >= 15 is 0 Å². The summed E-state index contributed by atoms with van der Waals surface area (Å²) in [5.41, 5.74) is 1.05. The lowest BCUT2D eigenvalue weighted by atomic mass is 9.73. The molecule has 1 saturated carbocycles. The van der Waals surface area contributed by atoms with E-state index in [4.69, 9.17) is 9.47 Å². The van der Waals surface area contributed by atoms with Gasteiger partial charge in [-0.05, 0) is 38.4 Å². The molecule has 1 heterocycles. The Morgan fingerprint density at radius 3 is 2.50 bits per heavy atom. The van der Waals surface area contributed by atoms with Gasteiger partial charge >= 0.3 is 0 Å². The largest absolute Gasteiger partial charge is 0.375 e. The monoisotopic (exact) mass is 303 g/mol. The van der Waals surface area contributed by atoms with E-state index in [1.807, 2.05) is 0 Å². The highest BCUT2D eigenvalue weighted by molar-refractivity contribution is 5.25. The van der Waals surface area contributed by atoms with Crippen LogP contribution in [0.3, 0.4) is 0 Å². The first-order chi connectivity index (χ1) is 10.7. The number of hydrogen-bond donors (Lipinski definition) is 0. The summed E-state index contributed by atoms with van der Waals surface area (Å²) in [6, 6.07) is 10.8. The molecule has 2 atom stereocenters. The van der Waals surface area contributed by atoms with E-state index in [1.165, 1.54) is 37.7 Å². The van der Waals surface area contributed by atoms with Crippen molar-refractivity contribution in [3.63, 3.8) is 0 Å². The molecule has 3 nitrogen and oxygen atoms in total. The maximum Gasteiger partial charge on any atom is 0.120 e. The lowest BCUT2D eigenvalue weighted by Crippen LogP contribution is -2.52. The molecular weight excluding hydrogens is 274 g/mol. The van der Waals surface area contributed by atoms with Gasteiger partial charge in [0.25, 0.3) is 0 Å². The van der Waals surface area contributed by atoms with Crippen LogP contribution in [0.25, 0.3) is 0 Å². The minimum Gasteiger partial charge on any atom is -0.375 e. The van der Waals surface area contributed by atoms with Gasteiger partial charge in [-0.15, -0.1) is 0 Å². The molecule has 0 aromatic heterocycles. The van der Waals surface area contributed by atoms with Gasteiger partial charge in [0.1, 0.15) is 5.60 Å². The van der Waals surface area contributed by atoms with Crippen LogP contribution < -0.4 is 0 Å². The fourth-order valence-corrected chi connectivity index (χ4v) is 4.10. The third-order valence-corrected chi connectivity index (χ3v) is 5.09. The van der Waals surface area contributed by atoms with E-state index in [1.54, 1.807) is 0 Å². The molecule has 0 spiro atoms. The Kier molecular flexibility index (Phi) is 5.17. The molecule has 1 saturated heterocycles. The Bertz CT molecular complexity index is 456. The predicted octanol–water partition coefficient (Wildman–Crippen LogP) is 3.44. The second kappa shape index (κ2) is 7.12. The molecule has 3 heteroatoms. The van der Waals surface area contributed by atoms with Crippen LogP contribution in [-0.2, 0) is 15.1 Å². The van der Waals surface area contributed by atoms with Crippen LogP contribution in [0.2, 0.25) is 0 Å². The van der Waals surface area contributed by atoms with Gasteiger partial charge in [-0.2, -0.15) is 0 Å². The fraction of sp³-hybridized carbons (Fsp3) is 0.684. The van der Waals surface area contributed by atoms with Crippen LogP contribution in [0.1, 0.15) is 37.7 Å².